The monoisotopic (exact) mass is 544 g/mol. The van der Waals surface area contributed by atoms with Crippen LogP contribution in [0.1, 0.15) is 22.8 Å². The average molecular weight is 546 g/mol. The molecule has 0 aromatic heterocycles. The lowest BCUT2D eigenvalue weighted by molar-refractivity contribution is -0.127. The largest absolute Gasteiger partial charge is 0.481 e. The van der Waals surface area contributed by atoms with Crippen LogP contribution >= 0.6 is 31.9 Å². The van der Waals surface area contributed by atoms with Gasteiger partial charge in [0.15, 0.2) is 6.10 Å². The zero-order chi connectivity index (χ0) is 22.2. The number of nitrogens with one attached hydrogen (secondary N) is 1. The number of nitrogens with zero attached hydrogens (tertiary/aromatic N) is 1. The highest BCUT2D eigenvalue weighted by Gasteiger charge is 2.14. The molecule has 0 saturated carbocycles. The molecule has 0 heterocycles. The number of carbonyl (C=O) groups is 2. The van der Waals surface area contributed by atoms with Gasteiger partial charge < -0.3 is 9.47 Å². The van der Waals surface area contributed by atoms with Crippen molar-refractivity contribution >= 4 is 50.0 Å². The Kier molecular flexibility index (Phi) is 7.97. The second-order valence-electron chi connectivity index (χ2n) is 6.39. The first-order valence-electron chi connectivity index (χ1n) is 9.24. The number of hydrogen-bond acceptors (Lipinski definition) is 5. The molecule has 1 N–H and O–H groups in total. The van der Waals surface area contributed by atoms with Gasteiger partial charge in [0.1, 0.15) is 11.5 Å². The summed E-state index contributed by atoms with van der Waals surface area (Å²) < 4.78 is 12.8. The molecule has 3 aromatic rings. The SMILES string of the molecule is CC(Oc1ccc(Br)cc1)C(=O)N/N=C/c1cc(Br)ccc1OC(=O)c1ccccc1. The van der Waals surface area contributed by atoms with Gasteiger partial charge in [0.25, 0.3) is 5.91 Å². The fraction of sp³-hybridized carbons (Fsp3) is 0.0870. The van der Waals surface area contributed by atoms with Crippen molar-refractivity contribution < 1.29 is 19.1 Å². The van der Waals surface area contributed by atoms with E-state index in [0.29, 0.717) is 22.6 Å². The van der Waals surface area contributed by atoms with Crippen LogP contribution in [0.15, 0.2) is 86.8 Å². The number of hydrogen-bond donors (Lipinski definition) is 1. The highest BCUT2D eigenvalue weighted by Crippen LogP contribution is 2.23. The maximum Gasteiger partial charge on any atom is 0.343 e. The third kappa shape index (κ3) is 6.77. The molecular weight excluding hydrogens is 528 g/mol. The number of rotatable bonds is 7. The minimum absolute atomic E-state index is 0.314. The molecule has 0 radical (unpaired) electrons. The van der Waals surface area contributed by atoms with Gasteiger partial charge in [-0.25, -0.2) is 10.2 Å². The molecule has 6 nitrogen and oxygen atoms in total. The molecule has 0 bridgehead atoms. The summed E-state index contributed by atoms with van der Waals surface area (Å²) in [5.41, 5.74) is 3.38. The molecule has 31 heavy (non-hydrogen) atoms. The highest BCUT2D eigenvalue weighted by atomic mass is 79.9. The second kappa shape index (κ2) is 10.9. The van der Waals surface area contributed by atoms with E-state index in [9.17, 15) is 9.59 Å². The van der Waals surface area contributed by atoms with Crippen molar-refractivity contribution in [3.63, 3.8) is 0 Å². The van der Waals surface area contributed by atoms with Gasteiger partial charge >= 0.3 is 5.97 Å². The molecule has 1 atom stereocenters. The molecule has 1 amide bonds. The van der Waals surface area contributed by atoms with E-state index in [-0.39, 0.29) is 0 Å². The fourth-order valence-electron chi connectivity index (χ4n) is 2.47. The van der Waals surface area contributed by atoms with Gasteiger partial charge in [-0.3, -0.25) is 4.79 Å². The Morgan fingerprint density at radius 1 is 0.968 bits per heavy atom. The lowest BCUT2D eigenvalue weighted by Crippen LogP contribution is -2.33. The Balaban J connectivity index is 1.64. The van der Waals surface area contributed by atoms with Crippen molar-refractivity contribution in [2.75, 3.05) is 0 Å². The number of carbonyl (C=O) groups excluding carboxylic acids is 2. The minimum atomic E-state index is -0.754. The van der Waals surface area contributed by atoms with E-state index >= 15 is 0 Å². The maximum absolute atomic E-state index is 12.3. The Labute approximate surface area is 196 Å². The predicted octanol–water partition coefficient (Wildman–Crippen LogP) is 5.35. The molecule has 0 aliphatic heterocycles. The summed E-state index contributed by atoms with van der Waals surface area (Å²) in [5.74, 6) is -0.0266. The van der Waals surface area contributed by atoms with Crippen molar-refractivity contribution in [1.29, 1.82) is 0 Å². The van der Waals surface area contributed by atoms with E-state index in [4.69, 9.17) is 9.47 Å². The standard InChI is InChI=1S/C23H18Br2N2O4/c1-15(30-20-10-7-18(24)8-11-20)22(28)27-26-14-17-13-19(25)9-12-21(17)31-23(29)16-5-3-2-4-6-16/h2-15H,1H3,(H,27,28)/b26-14+. The summed E-state index contributed by atoms with van der Waals surface area (Å²) in [5, 5.41) is 3.98. The van der Waals surface area contributed by atoms with Crippen LogP contribution in [0, 0.1) is 0 Å². The molecular formula is C23H18Br2N2O4. The van der Waals surface area contributed by atoms with Gasteiger partial charge in [0.05, 0.1) is 11.8 Å². The van der Waals surface area contributed by atoms with Gasteiger partial charge in [0, 0.05) is 14.5 Å². The summed E-state index contributed by atoms with van der Waals surface area (Å²) in [6, 6.07) is 20.9. The summed E-state index contributed by atoms with van der Waals surface area (Å²) in [7, 11) is 0. The van der Waals surface area contributed by atoms with E-state index in [1.165, 1.54) is 6.21 Å². The first kappa shape index (κ1) is 22.7. The number of hydrazone groups is 1. The van der Waals surface area contributed by atoms with E-state index in [2.05, 4.69) is 42.4 Å². The van der Waals surface area contributed by atoms with Crippen LogP contribution in [-0.2, 0) is 4.79 Å². The summed E-state index contributed by atoms with van der Waals surface area (Å²) in [4.78, 5) is 24.6. The van der Waals surface area contributed by atoms with Crippen LogP contribution in [0.4, 0.5) is 0 Å². The van der Waals surface area contributed by atoms with Crippen LogP contribution in [0.3, 0.4) is 0 Å². The third-order valence-electron chi connectivity index (χ3n) is 4.06. The highest BCUT2D eigenvalue weighted by molar-refractivity contribution is 9.10. The topological polar surface area (TPSA) is 77.0 Å². The van der Waals surface area contributed by atoms with Gasteiger partial charge in [0.2, 0.25) is 0 Å². The van der Waals surface area contributed by atoms with Crippen LogP contribution in [-0.4, -0.2) is 24.2 Å². The quantitative estimate of drug-likeness (QED) is 0.188. The van der Waals surface area contributed by atoms with Gasteiger partial charge in [-0.1, -0.05) is 50.1 Å². The number of halogens is 2. The molecule has 158 valence electrons. The first-order chi connectivity index (χ1) is 14.9. The number of amides is 1. The van der Waals surface area contributed by atoms with Crippen LogP contribution in [0.2, 0.25) is 0 Å². The summed E-state index contributed by atoms with van der Waals surface area (Å²) in [6.45, 7) is 1.62. The first-order valence-corrected chi connectivity index (χ1v) is 10.8. The number of benzene rings is 3. The number of esters is 1. The number of ether oxygens (including phenoxy) is 2. The van der Waals surface area contributed by atoms with Crippen molar-refractivity contribution in [1.82, 2.24) is 5.43 Å². The molecule has 0 aliphatic rings. The zero-order valence-electron chi connectivity index (χ0n) is 16.4. The Hall–Kier alpha value is -2.97. The van der Waals surface area contributed by atoms with Gasteiger partial charge in [-0.15, -0.1) is 0 Å². The summed E-state index contributed by atoms with van der Waals surface area (Å²) >= 11 is 6.73. The Morgan fingerprint density at radius 3 is 2.35 bits per heavy atom. The van der Waals surface area contributed by atoms with Gasteiger partial charge in [-0.2, -0.15) is 5.10 Å². The van der Waals surface area contributed by atoms with E-state index in [1.807, 2.05) is 18.2 Å². The molecule has 0 aliphatic carbocycles. The predicted molar refractivity (Wildman–Crippen MR) is 126 cm³/mol. The molecule has 8 heteroatoms. The van der Waals surface area contributed by atoms with E-state index in [1.54, 1.807) is 61.5 Å². The smallest absolute Gasteiger partial charge is 0.343 e. The Morgan fingerprint density at radius 2 is 1.65 bits per heavy atom. The normalized spacial score (nSPS) is 11.7. The van der Waals surface area contributed by atoms with Crippen molar-refractivity contribution in [3.05, 3.63) is 92.9 Å². The average Bonchev–Trinajstić information content (AvgIpc) is 2.77. The summed E-state index contributed by atoms with van der Waals surface area (Å²) in [6.07, 6.45) is 0.652. The van der Waals surface area contributed by atoms with E-state index < -0.39 is 18.0 Å². The minimum Gasteiger partial charge on any atom is -0.481 e. The second-order valence-corrected chi connectivity index (χ2v) is 8.22. The molecule has 1 unspecified atom stereocenters. The van der Waals surface area contributed by atoms with Crippen LogP contribution < -0.4 is 14.9 Å². The zero-order valence-corrected chi connectivity index (χ0v) is 19.6. The third-order valence-corrected chi connectivity index (χ3v) is 5.08. The Bertz CT molecular complexity index is 1090. The molecule has 0 spiro atoms. The van der Waals surface area contributed by atoms with E-state index in [0.717, 1.165) is 8.95 Å². The molecule has 0 fully saturated rings. The molecule has 0 saturated heterocycles. The lowest BCUT2D eigenvalue weighted by atomic mass is 10.2. The van der Waals surface area contributed by atoms with Crippen molar-refractivity contribution in [3.8, 4) is 11.5 Å². The van der Waals surface area contributed by atoms with Crippen molar-refractivity contribution in [2.45, 2.75) is 13.0 Å². The fourth-order valence-corrected chi connectivity index (χ4v) is 3.12. The van der Waals surface area contributed by atoms with Crippen LogP contribution in [0.25, 0.3) is 0 Å². The van der Waals surface area contributed by atoms with Crippen LogP contribution in [0.5, 0.6) is 11.5 Å². The van der Waals surface area contributed by atoms with Gasteiger partial charge in [-0.05, 0) is 61.5 Å². The maximum atomic E-state index is 12.3. The lowest BCUT2D eigenvalue weighted by Gasteiger charge is -2.13. The van der Waals surface area contributed by atoms with Crippen molar-refractivity contribution in [2.24, 2.45) is 5.10 Å². The molecule has 3 rings (SSSR count). The molecule has 3 aromatic carbocycles.